The summed E-state index contributed by atoms with van der Waals surface area (Å²) in [5.74, 6) is 0.586. The fourth-order valence-electron chi connectivity index (χ4n) is 0.567. The molecule has 0 aliphatic rings. The first-order valence-electron chi connectivity index (χ1n) is 2.99. The molecule has 4 nitrogen and oxygen atoms in total. The number of aromatic nitrogens is 1. The van der Waals surface area contributed by atoms with Crippen LogP contribution in [-0.4, -0.2) is 12.0 Å². The summed E-state index contributed by atoms with van der Waals surface area (Å²) >= 11 is 5.67. The van der Waals surface area contributed by atoms with Crippen LogP contribution in [0.15, 0.2) is 28.7 Å². The van der Waals surface area contributed by atoms with E-state index >= 15 is 0 Å². The van der Waals surface area contributed by atoms with Crippen LogP contribution in [-0.2, 0) is 0 Å². The summed E-state index contributed by atoms with van der Waals surface area (Å²) in [4.78, 5) is 3.93. The fraction of sp³-hybridized carbons (Fsp3) is 0.167. The number of rotatable bonds is 2. The lowest BCUT2D eigenvalue weighted by atomic mass is 10.5. The number of nitrogens with one attached hydrogen (secondary N) is 1. The van der Waals surface area contributed by atoms with E-state index in [1.807, 2.05) is 0 Å². The van der Waals surface area contributed by atoms with Gasteiger partial charge in [0, 0.05) is 17.3 Å². The van der Waals surface area contributed by atoms with Crippen molar-refractivity contribution in [3.05, 3.63) is 23.4 Å². The Morgan fingerprint density at radius 2 is 2.45 bits per heavy atom. The van der Waals surface area contributed by atoms with E-state index in [0.717, 1.165) is 0 Å². The van der Waals surface area contributed by atoms with E-state index in [0.29, 0.717) is 10.8 Å². The maximum atomic E-state index is 5.67. The Balaban J connectivity index is 2.71. The molecule has 11 heavy (non-hydrogen) atoms. The number of anilines is 1. The molecule has 0 amide bonds. The van der Waals surface area contributed by atoms with Crippen molar-refractivity contribution in [2.24, 2.45) is 10.3 Å². The molecule has 0 spiro atoms. The zero-order valence-electron chi connectivity index (χ0n) is 5.95. The summed E-state index contributed by atoms with van der Waals surface area (Å²) in [5, 5.41) is 7.65. The largest absolute Gasteiger partial charge is 0.243 e. The van der Waals surface area contributed by atoms with Gasteiger partial charge in [0.05, 0.1) is 7.05 Å². The van der Waals surface area contributed by atoms with E-state index < -0.39 is 0 Å². The van der Waals surface area contributed by atoms with Crippen LogP contribution < -0.4 is 5.43 Å². The van der Waals surface area contributed by atoms with Crippen LogP contribution in [0.4, 0.5) is 5.82 Å². The van der Waals surface area contributed by atoms with Crippen LogP contribution in [0.3, 0.4) is 0 Å². The van der Waals surface area contributed by atoms with Crippen molar-refractivity contribution in [2.45, 2.75) is 0 Å². The summed E-state index contributed by atoms with van der Waals surface area (Å²) < 4.78 is 0. The van der Waals surface area contributed by atoms with Gasteiger partial charge in [0.25, 0.3) is 0 Å². The minimum Gasteiger partial charge on any atom is -0.243 e. The van der Waals surface area contributed by atoms with Crippen LogP contribution >= 0.6 is 11.6 Å². The lowest BCUT2D eigenvalue weighted by Crippen LogP contribution is -1.88. The van der Waals surface area contributed by atoms with Gasteiger partial charge < -0.3 is 0 Å². The Labute approximate surface area is 69.3 Å². The molecule has 1 heterocycles. The van der Waals surface area contributed by atoms with Crippen LogP contribution in [0.2, 0.25) is 5.02 Å². The number of pyridine rings is 1. The predicted octanol–water partition coefficient (Wildman–Crippen LogP) is 2.14. The molecule has 0 aromatic carbocycles. The van der Waals surface area contributed by atoms with Gasteiger partial charge in [-0.2, -0.15) is 5.11 Å². The zero-order valence-corrected chi connectivity index (χ0v) is 6.71. The molecule has 1 N–H and O–H groups in total. The van der Waals surface area contributed by atoms with Gasteiger partial charge in [0.1, 0.15) is 5.82 Å². The van der Waals surface area contributed by atoms with Gasteiger partial charge in [-0.15, -0.1) is 0 Å². The Morgan fingerprint density at radius 1 is 1.64 bits per heavy atom. The van der Waals surface area contributed by atoms with Crippen LogP contribution in [0.1, 0.15) is 0 Å². The minimum atomic E-state index is 0.586. The van der Waals surface area contributed by atoms with Crippen molar-refractivity contribution in [3.63, 3.8) is 0 Å². The molecule has 1 aromatic heterocycles. The first kappa shape index (κ1) is 7.94. The molecule has 58 valence electrons. The number of nitrogens with zero attached hydrogens (tertiary/aromatic N) is 3. The minimum absolute atomic E-state index is 0.586. The molecule has 1 rings (SSSR count). The van der Waals surface area contributed by atoms with E-state index in [4.69, 9.17) is 11.6 Å². The quantitative estimate of drug-likeness (QED) is 0.546. The van der Waals surface area contributed by atoms with Crippen LogP contribution in [0.5, 0.6) is 0 Å². The highest BCUT2D eigenvalue weighted by Crippen LogP contribution is 2.11. The first-order valence-corrected chi connectivity index (χ1v) is 3.37. The molecule has 0 saturated carbocycles. The first-order chi connectivity index (χ1) is 5.33. The van der Waals surface area contributed by atoms with Crippen molar-refractivity contribution in [3.8, 4) is 0 Å². The van der Waals surface area contributed by atoms with E-state index in [-0.39, 0.29) is 0 Å². The molecule has 0 aliphatic heterocycles. The lowest BCUT2D eigenvalue weighted by Gasteiger charge is -1.95. The summed E-state index contributed by atoms with van der Waals surface area (Å²) in [6.45, 7) is 0. The Bertz CT molecular complexity index is 261. The van der Waals surface area contributed by atoms with Crippen LogP contribution in [0.25, 0.3) is 0 Å². The van der Waals surface area contributed by atoms with E-state index in [1.165, 1.54) is 0 Å². The van der Waals surface area contributed by atoms with Crippen molar-refractivity contribution in [1.29, 1.82) is 0 Å². The van der Waals surface area contributed by atoms with Gasteiger partial charge in [-0.1, -0.05) is 16.8 Å². The summed E-state index contributed by atoms with van der Waals surface area (Å²) in [7, 11) is 1.57. The topological polar surface area (TPSA) is 49.6 Å². The van der Waals surface area contributed by atoms with Crippen molar-refractivity contribution < 1.29 is 0 Å². The third-order valence-electron chi connectivity index (χ3n) is 0.987. The molecule has 0 saturated heterocycles. The Kier molecular flexibility index (Phi) is 2.80. The number of halogens is 1. The number of hydrogen-bond acceptors (Lipinski definition) is 3. The maximum Gasteiger partial charge on any atom is 0.148 e. The molecule has 1 aromatic rings. The SMILES string of the molecule is CN=NNc1cc(Cl)ccn1. The Hall–Kier alpha value is -1.16. The average molecular weight is 171 g/mol. The lowest BCUT2D eigenvalue weighted by molar-refractivity contribution is 1.06. The normalized spacial score (nSPS) is 10.4. The average Bonchev–Trinajstić information content (AvgIpc) is 2.01. The highest BCUT2D eigenvalue weighted by atomic mass is 35.5. The molecule has 0 aliphatic carbocycles. The van der Waals surface area contributed by atoms with E-state index in [1.54, 1.807) is 25.4 Å². The second-order valence-electron chi connectivity index (χ2n) is 1.77. The summed E-state index contributed by atoms with van der Waals surface area (Å²) in [6, 6.07) is 3.35. The monoisotopic (exact) mass is 170 g/mol. The van der Waals surface area contributed by atoms with Crippen molar-refractivity contribution in [2.75, 3.05) is 12.5 Å². The van der Waals surface area contributed by atoms with Crippen molar-refractivity contribution in [1.82, 2.24) is 4.98 Å². The molecule has 5 heteroatoms. The van der Waals surface area contributed by atoms with Crippen molar-refractivity contribution >= 4 is 17.4 Å². The smallest absolute Gasteiger partial charge is 0.148 e. The summed E-state index contributed by atoms with van der Waals surface area (Å²) in [6.07, 6.45) is 1.59. The Morgan fingerprint density at radius 3 is 3.09 bits per heavy atom. The third kappa shape index (κ3) is 2.51. The van der Waals surface area contributed by atoms with E-state index in [2.05, 4.69) is 20.7 Å². The molecular formula is C6H7ClN4. The van der Waals surface area contributed by atoms with E-state index in [9.17, 15) is 0 Å². The zero-order chi connectivity index (χ0) is 8.10. The fourth-order valence-corrected chi connectivity index (χ4v) is 0.727. The van der Waals surface area contributed by atoms with Gasteiger partial charge in [-0.25, -0.2) is 10.4 Å². The van der Waals surface area contributed by atoms with Gasteiger partial charge >= 0.3 is 0 Å². The van der Waals surface area contributed by atoms with Gasteiger partial charge in [0.2, 0.25) is 0 Å². The standard InChI is InChI=1S/C6H7ClN4/c1-8-11-10-6-4-5(7)2-3-9-6/h2-4H,1H3,(H,8,9,10). The van der Waals surface area contributed by atoms with Gasteiger partial charge in [0.15, 0.2) is 0 Å². The van der Waals surface area contributed by atoms with Gasteiger partial charge in [-0.05, 0) is 6.07 Å². The van der Waals surface area contributed by atoms with Gasteiger partial charge in [-0.3, -0.25) is 0 Å². The third-order valence-corrected chi connectivity index (χ3v) is 1.22. The molecule has 0 bridgehead atoms. The second kappa shape index (κ2) is 3.88. The highest BCUT2D eigenvalue weighted by Gasteiger charge is 1.90. The molecule has 0 unspecified atom stereocenters. The van der Waals surface area contributed by atoms with Crippen LogP contribution in [0, 0.1) is 0 Å². The second-order valence-corrected chi connectivity index (χ2v) is 2.21. The predicted molar refractivity (Wildman–Crippen MR) is 43.6 cm³/mol. The highest BCUT2D eigenvalue weighted by molar-refractivity contribution is 6.30. The molecule has 0 fully saturated rings. The number of hydrogen-bond donors (Lipinski definition) is 1. The molecule has 0 atom stereocenters. The molecule has 0 radical (unpaired) electrons. The molecular weight excluding hydrogens is 164 g/mol. The maximum absolute atomic E-state index is 5.67. The summed E-state index contributed by atoms with van der Waals surface area (Å²) in [5.41, 5.74) is 2.60.